The number of benzene rings is 3. The van der Waals surface area contributed by atoms with E-state index in [2.05, 4.69) is 24.3 Å². The quantitative estimate of drug-likeness (QED) is 0.420. The average molecular weight is 379 g/mol. The third kappa shape index (κ3) is 2.90. The van der Waals surface area contributed by atoms with Gasteiger partial charge in [-0.3, -0.25) is 0 Å². The Kier molecular flexibility index (Phi) is 4.50. The highest BCUT2D eigenvalue weighted by Crippen LogP contribution is 2.41. The van der Waals surface area contributed by atoms with Gasteiger partial charge in [0.05, 0.1) is 29.5 Å². The van der Waals surface area contributed by atoms with Gasteiger partial charge in [-0.2, -0.15) is 10.5 Å². The van der Waals surface area contributed by atoms with Gasteiger partial charge in [0.15, 0.2) is 0 Å². The molecule has 0 aliphatic heterocycles. The van der Waals surface area contributed by atoms with Gasteiger partial charge in [0.25, 0.3) is 0 Å². The molecule has 29 heavy (non-hydrogen) atoms. The Bertz CT molecular complexity index is 1230. The Morgan fingerprint density at radius 3 is 2.07 bits per heavy atom. The molecule has 140 valence electrons. The molecule has 4 rings (SSSR count). The second-order valence-electron chi connectivity index (χ2n) is 6.91. The number of anilines is 1. The number of ether oxygens (including phenoxy) is 1. The standard InChI is InChI=1S/C24H17N3O2/c1-29-24(28)15-8-6-14(7-9-15)22-19-11-17-5-3-2-4-16(17)10-18(19)20(12-25)23(27)21(22)13-26/h2-9H,10-11,27H2,1H3. The monoisotopic (exact) mass is 379 g/mol. The Morgan fingerprint density at radius 1 is 0.931 bits per heavy atom. The summed E-state index contributed by atoms with van der Waals surface area (Å²) >= 11 is 0. The van der Waals surface area contributed by atoms with E-state index in [0.29, 0.717) is 29.5 Å². The van der Waals surface area contributed by atoms with E-state index < -0.39 is 5.97 Å². The molecule has 0 fully saturated rings. The van der Waals surface area contributed by atoms with Crippen LogP contribution in [0.2, 0.25) is 0 Å². The van der Waals surface area contributed by atoms with Crippen molar-refractivity contribution in [2.75, 3.05) is 12.8 Å². The molecule has 5 heteroatoms. The van der Waals surface area contributed by atoms with Gasteiger partial charge < -0.3 is 10.5 Å². The molecule has 0 radical (unpaired) electrons. The predicted molar refractivity (Wildman–Crippen MR) is 109 cm³/mol. The molecular formula is C24H17N3O2. The number of methoxy groups -OCH3 is 1. The number of fused-ring (bicyclic) bond motifs is 2. The van der Waals surface area contributed by atoms with Gasteiger partial charge in [0.2, 0.25) is 0 Å². The van der Waals surface area contributed by atoms with Crippen molar-refractivity contribution in [1.29, 1.82) is 10.5 Å². The zero-order valence-corrected chi connectivity index (χ0v) is 15.8. The van der Waals surface area contributed by atoms with Crippen molar-refractivity contribution < 1.29 is 9.53 Å². The SMILES string of the molecule is COC(=O)c1ccc(-c2c(C#N)c(N)c(C#N)c3c2Cc2ccccc2C3)cc1. The molecule has 2 N–H and O–H groups in total. The molecular weight excluding hydrogens is 362 g/mol. The van der Waals surface area contributed by atoms with E-state index in [4.69, 9.17) is 10.5 Å². The molecule has 0 heterocycles. The fourth-order valence-electron chi connectivity index (χ4n) is 4.00. The molecule has 5 nitrogen and oxygen atoms in total. The second kappa shape index (κ2) is 7.14. The smallest absolute Gasteiger partial charge is 0.337 e. The number of nitriles is 2. The first-order valence-corrected chi connectivity index (χ1v) is 9.12. The van der Waals surface area contributed by atoms with Gasteiger partial charge in [0, 0.05) is 5.56 Å². The van der Waals surface area contributed by atoms with E-state index in [-0.39, 0.29) is 5.69 Å². The minimum absolute atomic E-state index is 0.208. The largest absolute Gasteiger partial charge is 0.465 e. The molecule has 0 bridgehead atoms. The number of nitrogens with two attached hydrogens (primary N) is 1. The lowest BCUT2D eigenvalue weighted by Crippen LogP contribution is -2.14. The van der Waals surface area contributed by atoms with Gasteiger partial charge in [-0.05, 0) is 52.8 Å². The maximum absolute atomic E-state index is 11.8. The van der Waals surface area contributed by atoms with Gasteiger partial charge in [0.1, 0.15) is 12.1 Å². The zero-order chi connectivity index (χ0) is 20.5. The van der Waals surface area contributed by atoms with E-state index in [1.165, 1.54) is 12.7 Å². The minimum Gasteiger partial charge on any atom is -0.465 e. The van der Waals surface area contributed by atoms with Crippen molar-refractivity contribution in [1.82, 2.24) is 0 Å². The van der Waals surface area contributed by atoms with Gasteiger partial charge in [-0.25, -0.2) is 4.79 Å². The fourth-order valence-corrected chi connectivity index (χ4v) is 4.00. The maximum atomic E-state index is 11.8. The van der Waals surface area contributed by atoms with Crippen LogP contribution in [0, 0.1) is 22.7 Å². The molecule has 1 aliphatic carbocycles. The molecule has 0 amide bonds. The lowest BCUT2D eigenvalue weighted by molar-refractivity contribution is 0.0601. The molecule has 0 unspecified atom stereocenters. The molecule has 0 atom stereocenters. The summed E-state index contributed by atoms with van der Waals surface area (Å²) in [6.45, 7) is 0. The van der Waals surface area contributed by atoms with Crippen LogP contribution in [0.5, 0.6) is 0 Å². The van der Waals surface area contributed by atoms with Crippen molar-refractivity contribution >= 4 is 11.7 Å². The van der Waals surface area contributed by atoms with Gasteiger partial charge >= 0.3 is 5.97 Å². The number of nitrogen functional groups attached to an aromatic ring is 1. The van der Waals surface area contributed by atoms with E-state index in [1.54, 1.807) is 24.3 Å². The van der Waals surface area contributed by atoms with Gasteiger partial charge in [-0.15, -0.1) is 0 Å². The summed E-state index contributed by atoms with van der Waals surface area (Å²) in [5.74, 6) is -0.424. The van der Waals surface area contributed by atoms with Crippen LogP contribution >= 0.6 is 0 Å². The predicted octanol–water partition coefficient (Wildman–Crippen LogP) is 3.96. The summed E-state index contributed by atoms with van der Waals surface area (Å²) in [6, 6.07) is 19.4. The minimum atomic E-state index is -0.424. The molecule has 3 aromatic carbocycles. The van der Waals surface area contributed by atoms with Crippen LogP contribution in [0.1, 0.15) is 43.7 Å². The first kappa shape index (κ1) is 18.3. The van der Waals surface area contributed by atoms with Crippen LogP contribution in [0.3, 0.4) is 0 Å². The number of nitrogens with zero attached hydrogens (tertiary/aromatic N) is 2. The van der Waals surface area contributed by atoms with E-state index >= 15 is 0 Å². The summed E-state index contributed by atoms with van der Waals surface area (Å²) in [5, 5.41) is 19.6. The summed E-state index contributed by atoms with van der Waals surface area (Å²) in [4.78, 5) is 11.8. The van der Waals surface area contributed by atoms with Crippen molar-refractivity contribution in [3.05, 3.63) is 87.5 Å². The number of hydrogen-bond acceptors (Lipinski definition) is 5. The van der Waals surface area contributed by atoms with Crippen LogP contribution in [0.25, 0.3) is 11.1 Å². The Balaban J connectivity index is 1.98. The topological polar surface area (TPSA) is 99.9 Å². The van der Waals surface area contributed by atoms with Crippen LogP contribution in [0.4, 0.5) is 5.69 Å². The Labute approximate surface area is 168 Å². The highest BCUT2D eigenvalue weighted by atomic mass is 16.5. The normalized spacial score (nSPS) is 11.6. The number of carbonyl (C=O) groups is 1. The van der Waals surface area contributed by atoms with Gasteiger partial charge in [-0.1, -0.05) is 36.4 Å². The first-order valence-electron chi connectivity index (χ1n) is 9.12. The second-order valence-corrected chi connectivity index (χ2v) is 6.91. The van der Waals surface area contributed by atoms with Crippen molar-refractivity contribution in [3.8, 4) is 23.3 Å². The lowest BCUT2D eigenvalue weighted by atomic mass is 9.77. The molecule has 1 aliphatic rings. The Hall–Kier alpha value is -4.09. The molecule has 0 saturated heterocycles. The van der Waals surface area contributed by atoms with Crippen LogP contribution in [-0.2, 0) is 17.6 Å². The highest BCUT2D eigenvalue weighted by molar-refractivity contribution is 5.91. The van der Waals surface area contributed by atoms with Crippen molar-refractivity contribution in [2.24, 2.45) is 0 Å². The third-order valence-corrected chi connectivity index (χ3v) is 5.43. The van der Waals surface area contributed by atoms with E-state index in [1.807, 2.05) is 12.1 Å². The summed E-state index contributed by atoms with van der Waals surface area (Å²) in [5.41, 5.74) is 13.2. The highest BCUT2D eigenvalue weighted by Gasteiger charge is 2.27. The van der Waals surface area contributed by atoms with Crippen molar-refractivity contribution in [3.63, 3.8) is 0 Å². The summed E-state index contributed by atoms with van der Waals surface area (Å²) in [6.07, 6.45) is 1.21. The van der Waals surface area contributed by atoms with Crippen LogP contribution in [0.15, 0.2) is 48.5 Å². The maximum Gasteiger partial charge on any atom is 0.337 e. The number of hydrogen-bond donors (Lipinski definition) is 1. The zero-order valence-electron chi connectivity index (χ0n) is 15.8. The molecule has 0 aromatic heterocycles. The summed E-state index contributed by atoms with van der Waals surface area (Å²) in [7, 11) is 1.33. The number of carbonyl (C=O) groups excluding carboxylic acids is 1. The van der Waals surface area contributed by atoms with Crippen LogP contribution in [-0.4, -0.2) is 13.1 Å². The average Bonchev–Trinajstić information content (AvgIpc) is 2.76. The first-order chi connectivity index (χ1) is 14.1. The van der Waals surface area contributed by atoms with E-state index in [0.717, 1.165) is 27.8 Å². The number of esters is 1. The third-order valence-electron chi connectivity index (χ3n) is 5.43. The molecule has 0 saturated carbocycles. The fraction of sp³-hybridized carbons (Fsp3) is 0.125. The Morgan fingerprint density at radius 2 is 1.52 bits per heavy atom. The molecule has 0 spiro atoms. The van der Waals surface area contributed by atoms with Crippen molar-refractivity contribution in [2.45, 2.75) is 12.8 Å². The summed E-state index contributed by atoms with van der Waals surface area (Å²) < 4.78 is 4.76. The lowest BCUT2D eigenvalue weighted by Gasteiger charge is -2.26. The number of rotatable bonds is 2. The van der Waals surface area contributed by atoms with Crippen LogP contribution < -0.4 is 5.73 Å². The van der Waals surface area contributed by atoms with E-state index in [9.17, 15) is 15.3 Å². The molecule has 3 aromatic rings.